The average Bonchev–Trinajstić information content (AvgIpc) is 2.96. The number of anilines is 1. The highest BCUT2D eigenvalue weighted by Crippen LogP contribution is 2.34. The van der Waals surface area contributed by atoms with Gasteiger partial charge in [-0.2, -0.15) is 5.10 Å². The summed E-state index contributed by atoms with van der Waals surface area (Å²) in [6.45, 7) is 0.784. The second-order valence-corrected chi connectivity index (χ2v) is 5.95. The molecule has 0 spiro atoms. The molecule has 2 aromatic rings. The molecule has 2 atom stereocenters. The van der Waals surface area contributed by atoms with Gasteiger partial charge in [-0.3, -0.25) is 14.6 Å². The van der Waals surface area contributed by atoms with Gasteiger partial charge >= 0.3 is 5.97 Å². The van der Waals surface area contributed by atoms with Gasteiger partial charge in [-0.25, -0.2) is 4.68 Å². The van der Waals surface area contributed by atoms with Crippen molar-refractivity contribution in [2.75, 3.05) is 18.0 Å². The number of hydrogen-bond donors (Lipinski definition) is 1. The molecule has 1 aliphatic heterocycles. The second kappa shape index (κ2) is 6.00. The molecule has 7 nitrogen and oxygen atoms in total. The van der Waals surface area contributed by atoms with Crippen LogP contribution in [0.3, 0.4) is 0 Å². The molecule has 0 bridgehead atoms. The van der Waals surface area contributed by atoms with Crippen molar-refractivity contribution in [3.8, 4) is 0 Å². The van der Waals surface area contributed by atoms with E-state index >= 15 is 0 Å². The Morgan fingerprint density at radius 2 is 2.09 bits per heavy atom. The van der Waals surface area contributed by atoms with Crippen LogP contribution in [0.5, 0.6) is 0 Å². The van der Waals surface area contributed by atoms with Crippen LogP contribution in [0.15, 0.2) is 35.3 Å². The van der Waals surface area contributed by atoms with Crippen molar-refractivity contribution in [2.45, 2.75) is 5.92 Å². The van der Waals surface area contributed by atoms with Gasteiger partial charge in [0.15, 0.2) is 0 Å². The minimum Gasteiger partial charge on any atom is -0.481 e. The quantitative estimate of drug-likeness (QED) is 0.905. The first kappa shape index (κ1) is 15.5. The Balaban J connectivity index is 1.91. The Morgan fingerprint density at radius 1 is 1.30 bits per heavy atom. The minimum atomic E-state index is -0.876. The molecule has 3 heterocycles. The number of carbonyl (C=O) groups is 1. The molecule has 0 radical (unpaired) electrons. The van der Waals surface area contributed by atoms with E-state index in [4.69, 9.17) is 11.6 Å². The smallest absolute Gasteiger partial charge is 0.309 e. The van der Waals surface area contributed by atoms with Crippen molar-refractivity contribution in [1.29, 1.82) is 0 Å². The number of halogens is 1. The highest BCUT2D eigenvalue weighted by Gasteiger charge is 2.40. The Bertz CT molecular complexity index is 790. The monoisotopic (exact) mass is 334 g/mol. The molecule has 0 aliphatic carbocycles. The van der Waals surface area contributed by atoms with Gasteiger partial charge in [0, 0.05) is 44.0 Å². The van der Waals surface area contributed by atoms with Crippen LogP contribution in [0.2, 0.25) is 5.02 Å². The lowest BCUT2D eigenvalue weighted by molar-refractivity contribution is -0.141. The van der Waals surface area contributed by atoms with E-state index in [0.717, 1.165) is 0 Å². The van der Waals surface area contributed by atoms with Crippen molar-refractivity contribution in [3.05, 3.63) is 51.5 Å². The van der Waals surface area contributed by atoms with Gasteiger partial charge < -0.3 is 10.0 Å². The maximum atomic E-state index is 11.6. The SMILES string of the molecule is Cn1nc(N2C[C@@H](C(=O)O)[C@H](c3ccc(Cl)cn3)C2)ccc1=O. The molecule has 0 amide bonds. The maximum absolute atomic E-state index is 11.6. The van der Waals surface area contributed by atoms with Crippen molar-refractivity contribution in [3.63, 3.8) is 0 Å². The summed E-state index contributed by atoms with van der Waals surface area (Å²) in [7, 11) is 1.56. The lowest BCUT2D eigenvalue weighted by Gasteiger charge is -2.17. The summed E-state index contributed by atoms with van der Waals surface area (Å²) >= 11 is 5.84. The van der Waals surface area contributed by atoms with Crippen LogP contribution >= 0.6 is 11.6 Å². The summed E-state index contributed by atoms with van der Waals surface area (Å²) in [5.74, 6) is -1.15. The maximum Gasteiger partial charge on any atom is 0.309 e. The first-order valence-corrected chi connectivity index (χ1v) is 7.47. The molecule has 0 unspecified atom stereocenters. The largest absolute Gasteiger partial charge is 0.481 e. The van der Waals surface area contributed by atoms with Crippen LogP contribution in [0.4, 0.5) is 5.82 Å². The molecule has 0 saturated carbocycles. The molecule has 1 aliphatic rings. The fourth-order valence-electron chi connectivity index (χ4n) is 2.81. The third-order valence-corrected chi connectivity index (χ3v) is 4.26. The predicted molar refractivity (Wildman–Crippen MR) is 84.8 cm³/mol. The van der Waals surface area contributed by atoms with Crippen LogP contribution in [0, 0.1) is 5.92 Å². The van der Waals surface area contributed by atoms with Gasteiger partial charge in [0.05, 0.1) is 10.9 Å². The van der Waals surface area contributed by atoms with Crippen molar-refractivity contribution >= 4 is 23.4 Å². The number of carboxylic acids is 1. The van der Waals surface area contributed by atoms with Gasteiger partial charge in [0.25, 0.3) is 5.56 Å². The predicted octanol–water partition coefficient (Wildman–Crippen LogP) is 1.13. The molecule has 3 rings (SSSR count). The summed E-state index contributed by atoms with van der Waals surface area (Å²) in [5.41, 5.74) is 0.479. The number of pyridine rings is 1. The van der Waals surface area contributed by atoms with E-state index in [-0.39, 0.29) is 11.5 Å². The third-order valence-electron chi connectivity index (χ3n) is 4.04. The summed E-state index contributed by atoms with van der Waals surface area (Å²) in [5, 5.41) is 14.2. The first-order valence-electron chi connectivity index (χ1n) is 7.09. The fraction of sp³-hybridized carbons (Fsp3) is 0.333. The van der Waals surface area contributed by atoms with Crippen molar-refractivity contribution in [1.82, 2.24) is 14.8 Å². The lowest BCUT2D eigenvalue weighted by atomic mass is 9.93. The van der Waals surface area contributed by atoms with E-state index in [1.165, 1.54) is 16.9 Å². The van der Waals surface area contributed by atoms with Gasteiger partial charge in [-0.1, -0.05) is 11.6 Å². The van der Waals surface area contributed by atoms with E-state index in [9.17, 15) is 14.7 Å². The zero-order valence-electron chi connectivity index (χ0n) is 12.4. The van der Waals surface area contributed by atoms with Crippen molar-refractivity contribution in [2.24, 2.45) is 13.0 Å². The number of hydrogen-bond acceptors (Lipinski definition) is 5. The molecular weight excluding hydrogens is 320 g/mol. The highest BCUT2D eigenvalue weighted by molar-refractivity contribution is 6.30. The standard InChI is InChI=1S/C15H15ClN4O3/c1-19-14(21)5-4-13(18-19)20-7-10(11(8-20)15(22)23)12-3-2-9(16)6-17-12/h2-6,10-11H,7-8H2,1H3,(H,22,23)/t10-,11-/m1/s1. The van der Waals surface area contributed by atoms with E-state index < -0.39 is 11.9 Å². The second-order valence-electron chi connectivity index (χ2n) is 5.51. The van der Waals surface area contributed by atoms with E-state index in [0.29, 0.717) is 29.6 Å². The number of aryl methyl sites for hydroxylation is 1. The van der Waals surface area contributed by atoms with Crippen molar-refractivity contribution < 1.29 is 9.90 Å². The van der Waals surface area contributed by atoms with E-state index in [1.54, 1.807) is 25.2 Å². The van der Waals surface area contributed by atoms with Crippen LogP contribution in [-0.2, 0) is 11.8 Å². The lowest BCUT2D eigenvalue weighted by Crippen LogP contribution is -2.27. The summed E-state index contributed by atoms with van der Waals surface area (Å²) < 4.78 is 1.24. The first-order chi connectivity index (χ1) is 11.0. The number of rotatable bonds is 3. The van der Waals surface area contributed by atoms with E-state index in [2.05, 4.69) is 10.1 Å². The normalized spacial score (nSPS) is 20.7. The molecular formula is C15H15ClN4O3. The van der Waals surface area contributed by atoms with Crippen LogP contribution in [-0.4, -0.2) is 38.9 Å². The molecule has 1 fully saturated rings. The highest BCUT2D eigenvalue weighted by atomic mass is 35.5. The molecule has 8 heteroatoms. The molecule has 23 heavy (non-hydrogen) atoms. The molecule has 1 N–H and O–H groups in total. The van der Waals surface area contributed by atoms with Gasteiger partial charge in [-0.05, 0) is 18.2 Å². The Hall–Kier alpha value is -2.41. The topological polar surface area (TPSA) is 88.3 Å². The number of carboxylic acid groups (broad SMARTS) is 1. The van der Waals surface area contributed by atoms with Gasteiger partial charge in [-0.15, -0.1) is 0 Å². The van der Waals surface area contributed by atoms with E-state index in [1.807, 2.05) is 4.90 Å². The molecule has 0 aromatic carbocycles. The van der Waals surface area contributed by atoms with Crippen LogP contribution in [0.1, 0.15) is 11.6 Å². The zero-order chi connectivity index (χ0) is 16.6. The summed E-state index contributed by atoms with van der Waals surface area (Å²) in [6, 6.07) is 6.49. The molecule has 120 valence electrons. The Morgan fingerprint density at radius 3 is 2.70 bits per heavy atom. The minimum absolute atomic E-state index is 0.210. The van der Waals surface area contributed by atoms with Crippen LogP contribution in [0.25, 0.3) is 0 Å². The Labute approximate surface area is 137 Å². The Kier molecular flexibility index (Phi) is 4.04. The van der Waals surface area contributed by atoms with Gasteiger partial charge in [0.1, 0.15) is 5.82 Å². The third kappa shape index (κ3) is 3.05. The molecule has 1 saturated heterocycles. The molecule has 2 aromatic heterocycles. The average molecular weight is 335 g/mol. The number of nitrogens with zero attached hydrogens (tertiary/aromatic N) is 4. The fourth-order valence-corrected chi connectivity index (χ4v) is 2.92. The van der Waals surface area contributed by atoms with Gasteiger partial charge in [0.2, 0.25) is 0 Å². The summed E-state index contributed by atoms with van der Waals surface area (Å²) in [6.07, 6.45) is 1.52. The number of aliphatic carboxylic acids is 1. The number of aromatic nitrogens is 3. The summed E-state index contributed by atoms with van der Waals surface area (Å²) in [4.78, 5) is 29.2. The zero-order valence-corrected chi connectivity index (χ0v) is 13.1. The van der Waals surface area contributed by atoms with Crippen LogP contribution < -0.4 is 10.5 Å².